The zero-order valence-corrected chi connectivity index (χ0v) is 17.2. The predicted molar refractivity (Wildman–Crippen MR) is 110 cm³/mol. The molecule has 0 fully saturated rings. The van der Waals surface area contributed by atoms with Crippen LogP contribution >= 0.6 is 0 Å². The van der Waals surface area contributed by atoms with E-state index in [1.54, 1.807) is 48.8 Å². The number of hydrogen-bond acceptors (Lipinski definition) is 7. The number of carbonyl (C=O) groups excluding carboxylic acids is 2. The monoisotopic (exact) mass is 455 g/mol. The van der Waals surface area contributed by atoms with Crippen molar-refractivity contribution in [1.82, 2.24) is 9.97 Å². The molecule has 0 radical (unpaired) electrons. The summed E-state index contributed by atoms with van der Waals surface area (Å²) >= 11 is 0. The molecule has 0 unspecified atom stereocenters. The normalized spacial score (nSPS) is 15.5. The maximum Gasteiger partial charge on any atom is 0.491 e. The molecule has 0 amide bonds. The van der Waals surface area contributed by atoms with Crippen LogP contribution in [0, 0.1) is 6.92 Å². The maximum absolute atomic E-state index is 12.6. The third-order valence-corrected chi connectivity index (χ3v) is 4.81. The van der Waals surface area contributed by atoms with Gasteiger partial charge in [0.05, 0.1) is 22.7 Å². The second kappa shape index (κ2) is 8.81. The molecule has 3 aromatic rings. The van der Waals surface area contributed by atoms with Gasteiger partial charge in [0.1, 0.15) is 0 Å². The zero-order chi connectivity index (χ0) is 23.6. The molecule has 0 saturated heterocycles. The minimum atomic E-state index is -5.30. The van der Waals surface area contributed by atoms with Gasteiger partial charge in [-0.05, 0) is 48.9 Å². The highest BCUT2D eigenvalue weighted by Crippen LogP contribution is 2.30. The summed E-state index contributed by atoms with van der Waals surface area (Å²) in [6, 6.07) is 13.1. The van der Waals surface area contributed by atoms with Crippen LogP contribution in [-0.2, 0) is 14.4 Å². The van der Waals surface area contributed by atoms with Crippen molar-refractivity contribution in [2.75, 3.05) is 0 Å². The summed E-state index contributed by atoms with van der Waals surface area (Å²) < 4.78 is 41.7. The first-order valence-corrected chi connectivity index (χ1v) is 9.76. The van der Waals surface area contributed by atoms with Gasteiger partial charge in [0.25, 0.3) is 0 Å². The summed E-state index contributed by atoms with van der Waals surface area (Å²) in [5, 5.41) is 4.07. The zero-order valence-electron chi connectivity index (χ0n) is 17.2. The van der Waals surface area contributed by atoms with Crippen LogP contribution in [0.1, 0.15) is 39.7 Å². The number of ether oxygens (including phenoxy) is 1. The summed E-state index contributed by atoms with van der Waals surface area (Å²) in [5.41, 5.74) is 3.07. The van der Waals surface area contributed by atoms with Crippen LogP contribution in [-0.4, -0.2) is 33.8 Å². The molecule has 0 aliphatic carbocycles. The van der Waals surface area contributed by atoms with E-state index in [-0.39, 0.29) is 5.56 Å². The molecular formula is C23H16F3N3O4. The van der Waals surface area contributed by atoms with Crippen LogP contribution in [0.2, 0.25) is 0 Å². The molecule has 168 valence electrons. The Labute approximate surface area is 185 Å². The van der Waals surface area contributed by atoms with E-state index in [2.05, 4.69) is 19.9 Å². The van der Waals surface area contributed by atoms with Gasteiger partial charge in [-0.2, -0.15) is 13.2 Å². The molecule has 2 aromatic heterocycles. The summed E-state index contributed by atoms with van der Waals surface area (Å²) in [6.45, 7) is 1.85. The minimum Gasteiger partial charge on any atom is -0.385 e. The number of oxime groups is 1. The molecule has 7 nitrogen and oxygen atoms in total. The topological polar surface area (TPSA) is 90.7 Å². The molecule has 1 aromatic carbocycles. The summed E-state index contributed by atoms with van der Waals surface area (Å²) in [4.78, 5) is 37.5. The highest BCUT2D eigenvalue weighted by Gasteiger charge is 2.42. The number of rotatable bonds is 4. The standard InChI is InChI=1S/C23H16F3N3O4/c1-13-5-6-17(28-12-13)14-8-15(10-16(9-14)21(30)32-22(31)23(24,25)26)19-11-20(33-29-19)18-4-2-3-7-27-18/h2-10,12,20H,11H2,1H3/t20-/m1/s1. The van der Waals surface area contributed by atoms with Crippen LogP contribution in [0.25, 0.3) is 11.3 Å². The Morgan fingerprint density at radius 2 is 1.85 bits per heavy atom. The molecule has 1 aliphatic rings. The summed E-state index contributed by atoms with van der Waals surface area (Å²) in [5.74, 6) is -4.03. The van der Waals surface area contributed by atoms with Crippen LogP contribution in [0.3, 0.4) is 0 Å². The quantitative estimate of drug-likeness (QED) is 0.423. The van der Waals surface area contributed by atoms with Crippen molar-refractivity contribution in [3.05, 3.63) is 83.3 Å². The molecule has 0 N–H and O–H groups in total. The summed E-state index contributed by atoms with van der Waals surface area (Å²) in [7, 11) is 0. The SMILES string of the molecule is Cc1ccc(-c2cc(C(=O)OC(=O)C(F)(F)F)cc(C3=NO[C@@H](c4ccccn4)C3)c2)nc1. The van der Waals surface area contributed by atoms with E-state index in [9.17, 15) is 22.8 Å². The van der Waals surface area contributed by atoms with Gasteiger partial charge in [0, 0.05) is 29.9 Å². The molecule has 33 heavy (non-hydrogen) atoms. The number of alkyl halides is 3. The third kappa shape index (κ3) is 5.05. The number of benzene rings is 1. The van der Waals surface area contributed by atoms with Crippen LogP contribution < -0.4 is 0 Å². The van der Waals surface area contributed by atoms with Gasteiger partial charge in [0.15, 0.2) is 6.10 Å². The van der Waals surface area contributed by atoms with Crippen LogP contribution in [0.15, 0.2) is 66.1 Å². The summed E-state index contributed by atoms with van der Waals surface area (Å²) in [6.07, 6.45) is -2.21. The van der Waals surface area contributed by atoms with Gasteiger partial charge < -0.3 is 9.57 Å². The Bertz CT molecular complexity index is 1230. The first-order chi connectivity index (χ1) is 15.7. The van der Waals surface area contributed by atoms with Crippen molar-refractivity contribution in [2.24, 2.45) is 5.16 Å². The van der Waals surface area contributed by atoms with E-state index in [4.69, 9.17) is 4.84 Å². The lowest BCUT2D eigenvalue weighted by Gasteiger charge is -2.10. The Morgan fingerprint density at radius 1 is 1.06 bits per heavy atom. The Kier molecular flexibility index (Phi) is 5.91. The number of halogens is 3. The lowest BCUT2D eigenvalue weighted by Crippen LogP contribution is -2.28. The Hall–Kier alpha value is -4.08. The van der Waals surface area contributed by atoms with Crippen molar-refractivity contribution in [3.8, 4) is 11.3 Å². The fourth-order valence-electron chi connectivity index (χ4n) is 3.17. The molecular weight excluding hydrogens is 439 g/mol. The molecule has 10 heteroatoms. The number of hydrogen-bond donors (Lipinski definition) is 0. The number of aryl methyl sites for hydroxylation is 1. The van der Waals surface area contributed by atoms with Gasteiger partial charge >= 0.3 is 18.1 Å². The van der Waals surface area contributed by atoms with Crippen molar-refractivity contribution in [3.63, 3.8) is 0 Å². The van der Waals surface area contributed by atoms with Gasteiger partial charge in [0.2, 0.25) is 0 Å². The first-order valence-electron chi connectivity index (χ1n) is 9.76. The fraction of sp³-hybridized carbons (Fsp3) is 0.174. The number of carbonyl (C=O) groups is 2. The van der Waals surface area contributed by atoms with Crippen molar-refractivity contribution < 1.29 is 32.3 Å². The van der Waals surface area contributed by atoms with E-state index in [0.717, 1.165) is 5.56 Å². The molecule has 1 aliphatic heterocycles. The van der Waals surface area contributed by atoms with E-state index in [1.165, 1.54) is 12.1 Å². The fourth-order valence-corrected chi connectivity index (χ4v) is 3.17. The van der Waals surface area contributed by atoms with Crippen molar-refractivity contribution in [1.29, 1.82) is 0 Å². The van der Waals surface area contributed by atoms with Crippen molar-refractivity contribution >= 4 is 17.7 Å². The smallest absolute Gasteiger partial charge is 0.385 e. The molecule has 4 rings (SSSR count). The number of aromatic nitrogens is 2. The maximum atomic E-state index is 12.6. The Balaban J connectivity index is 1.68. The molecule has 0 spiro atoms. The lowest BCUT2D eigenvalue weighted by molar-refractivity contribution is -0.193. The molecule has 0 saturated carbocycles. The van der Waals surface area contributed by atoms with E-state index in [1.807, 2.05) is 6.92 Å². The molecule has 1 atom stereocenters. The van der Waals surface area contributed by atoms with Gasteiger partial charge in [-0.15, -0.1) is 0 Å². The first kappa shape index (κ1) is 22.1. The Morgan fingerprint density at radius 3 is 2.52 bits per heavy atom. The van der Waals surface area contributed by atoms with Crippen LogP contribution in [0.5, 0.6) is 0 Å². The second-order valence-corrected chi connectivity index (χ2v) is 7.29. The predicted octanol–water partition coefficient (Wildman–Crippen LogP) is 4.56. The van der Waals surface area contributed by atoms with Gasteiger partial charge in [-0.1, -0.05) is 17.3 Å². The van der Waals surface area contributed by atoms with E-state index in [0.29, 0.717) is 34.6 Å². The number of esters is 2. The number of nitrogens with zero attached hydrogens (tertiary/aromatic N) is 3. The van der Waals surface area contributed by atoms with E-state index >= 15 is 0 Å². The highest BCUT2D eigenvalue weighted by molar-refractivity contribution is 6.05. The highest BCUT2D eigenvalue weighted by atomic mass is 19.4. The van der Waals surface area contributed by atoms with Crippen molar-refractivity contribution in [2.45, 2.75) is 25.6 Å². The number of pyridine rings is 2. The van der Waals surface area contributed by atoms with Gasteiger partial charge in [-0.3, -0.25) is 9.97 Å². The van der Waals surface area contributed by atoms with E-state index < -0.39 is 24.2 Å². The van der Waals surface area contributed by atoms with Crippen LogP contribution in [0.4, 0.5) is 13.2 Å². The lowest BCUT2D eigenvalue weighted by atomic mass is 9.97. The average Bonchev–Trinajstić information content (AvgIpc) is 3.30. The third-order valence-electron chi connectivity index (χ3n) is 4.81. The minimum absolute atomic E-state index is 0.258. The average molecular weight is 455 g/mol. The largest absolute Gasteiger partial charge is 0.491 e. The second-order valence-electron chi connectivity index (χ2n) is 7.29. The molecule has 0 bridgehead atoms. The van der Waals surface area contributed by atoms with Gasteiger partial charge in [-0.25, -0.2) is 9.59 Å². The molecule has 3 heterocycles.